The highest BCUT2D eigenvalue weighted by atomic mass is 35.5. The summed E-state index contributed by atoms with van der Waals surface area (Å²) in [6.07, 6.45) is 1.89. The van der Waals surface area contributed by atoms with Crippen molar-refractivity contribution in [2.45, 2.75) is 17.5 Å². The van der Waals surface area contributed by atoms with E-state index in [1.807, 2.05) is 0 Å². The van der Waals surface area contributed by atoms with Gasteiger partial charge in [0.05, 0.1) is 5.56 Å². The van der Waals surface area contributed by atoms with E-state index in [-0.39, 0.29) is 23.7 Å². The number of anilines is 1. The van der Waals surface area contributed by atoms with Crippen LogP contribution in [-0.4, -0.2) is 22.1 Å². The van der Waals surface area contributed by atoms with Gasteiger partial charge in [-0.05, 0) is 24.0 Å². The molecular formula is C14H11Cl2N3O2S. The summed E-state index contributed by atoms with van der Waals surface area (Å²) in [7, 11) is 0. The van der Waals surface area contributed by atoms with E-state index in [2.05, 4.69) is 15.3 Å². The molecule has 1 aliphatic rings. The Bertz CT molecular complexity index is 802. The maximum absolute atomic E-state index is 12.4. The number of thioether (sulfide) groups is 1. The summed E-state index contributed by atoms with van der Waals surface area (Å²) in [5.74, 6) is -0.471. The molecule has 0 unspecified atom stereocenters. The van der Waals surface area contributed by atoms with Crippen molar-refractivity contribution in [2.24, 2.45) is 0 Å². The first-order valence-corrected chi connectivity index (χ1v) is 8.41. The van der Waals surface area contributed by atoms with Gasteiger partial charge >= 0.3 is 0 Å². The first kappa shape index (κ1) is 15.4. The van der Waals surface area contributed by atoms with Gasteiger partial charge in [0.25, 0.3) is 5.56 Å². The molecule has 0 saturated carbocycles. The zero-order valence-corrected chi connectivity index (χ0v) is 13.8. The number of halogens is 2. The van der Waals surface area contributed by atoms with Crippen LogP contribution in [0, 0.1) is 0 Å². The first-order chi connectivity index (χ1) is 10.5. The summed E-state index contributed by atoms with van der Waals surface area (Å²) in [6, 6.07) is 5.09. The lowest BCUT2D eigenvalue weighted by molar-refractivity contribution is -0.116. The minimum Gasteiger partial charge on any atom is -0.310 e. The summed E-state index contributed by atoms with van der Waals surface area (Å²) < 4.78 is 0. The van der Waals surface area contributed by atoms with E-state index in [9.17, 15) is 9.59 Å². The molecular weight excluding hydrogens is 345 g/mol. The third kappa shape index (κ3) is 2.62. The maximum Gasteiger partial charge on any atom is 0.257 e. The van der Waals surface area contributed by atoms with Gasteiger partial charge in [0.2, 0.25) is 5.91 Å². The van der Waals surface area contributed by atoms with Crippen molar-refractivity contribution in [3.8, 4) is 0 Å². The molecule has 1 amide bonds. The molecule has 5 nitrogen and oxygen atoms in total. The minimum absolute atomic E-state index is 0.0971. The highest BCUT2D eigenvalue weighted by Gasteiger charge is 2.33. The summed E-state index contributed by atoms with van der Waals surface area (Å²) in [4.78, 5) is 31.4. The predicted molar refractivity (Wildman–Crippen MR) is 88.2 cm³/mol. The van der Waals surface area contributed by atoms with Crippen LogP contribution in [0.3, 0.4) is 0 Å². The molecule has 22 heavy (non-hydrogen) atoms. The van der Waals surface area contributed by atoms with Gasteiger partial charge in [-0.25, -0.2) is 4.98 Å². The molecule has 0 fully saturated rings. The molecule has 0 spiro atoms. The summed E-state index contributed by atoms with van der Waals surface area (Å²) in [5.41, 5.74) is 0.661. The Morgan fingerprint density at radius 1 is 1.23 bits per heavy atom. The number of benzene rings is 1. The molecule has 0 bridgehead atoms. The Morgan fingerprint density at radius 3 is 2.55 bits per heavy atom. The number of amides is 1. The number of aromatic nitrogens is 2. The summed E-state index contributed by atoms with van der Waals surface area (Å²) in [6.45, 7) is 0. The molecule has 0 radical (unpaired) electrons. The summed E-state index contributed by atoms with van der Waals surface area (Å²) >= 11 is 13.8. The van der Waals surface area contributed by atoms with Gasteiger partial charge in [-0.2, -0.15) is 0 Å². The van der Waals surface area contributed by atoms with E-state index in [4.69, 9.17) is 23.2 Å². The Kier molecular flexibility index (Phi) is 4.16. The van der Waals surface area contributed by atoms with Crippen LogP contribution < -0.4 is 10.9 Å². The Hall–Kier alpha value is -1.50. The molecule has 1 aromatic carbocycles. The Morgan fingerprint density at radius 2 is 1.91 bits per heavy atom. The van der Waals surface area contributed by atoms with Crippen molar-refractivity contribution in [2.75, 3.05) is 11.6 Å². The van der Waals surface area contributed by atoms with Crippen LogP contribution >= 0.6 is 35.0 Å². The smallest absolute Gasteiger partial charge is 0.257 e. The van der Waals surface area contributed by atoms with Gasteiger partial charge in [0.1, 0.15) is 5.82 Å². The molecule has 2 heterocycles. The number of fused-ring (bicyclic) bond motifs is 1. The van der Waals surface area contributed by atoms with Crippen LogP contribution in [0.2, 0.25) is 10.0 Å². The molecule has 0 saturated heterocycles. The van der Waals surface area contributed by atoms with Crippen molar-refractivity contribution in [1.82, 2.24) is 9.97 Å². The number of rotatable bonds is 2. The highest BCUT2D eigenvalue weighted by Crippen LogP contribution is 2.40. The van der Waals surface area contributed by atoms with Gasteiger partial charge in [0.15, 0.2) is 5.16 Å². The molecule has 1 aromatic heterocycles. The van der Waals surface area contributed by atoms with E-state index < -0.39 is 5.92 Å². The zero-order valence-electron chi connectivity index (χ0n) is 11.4. The Labute approximate surface area is 140 Å². The number of hydrogen-bond acceptors (Lipinski definition) is 4. The third-order valence-corrected chi connectivity index (χ3v) is 4.71. The van der Waals surface area contributed by atoms with E-state index in [0.29, 0.717) is 26.3 Å². The molecule has 8 heteroatoms. The lowest BCUT2D eigenvalue weighted by Gasteiger charge is -2.25. The topological polar surface area (TPSA) is 74.8 Å². The number of H-pyrrole nitrogens is 1. The van der Waals surface area contributed by atoms with Gasteiger partial charge in [-0.1, -0.05) is 41.0 Å². The van der Waals surface area contributed by atoms with Gasteiger partial charge in [-0.3, -0.25) is 9.59 Å². The molecule has 2 aromatic rings. The van der Waals surface area contributed by atoms with Gasteiger partial charge in [-0.15, -0.1) is 0 Å². The van der Waals surface area contributed by atoms with Crippen LogP contribution in [0.25, 0.3) is 0 Å². The van der Waals surface area contributed by atoms with Crippen molar-refractivity contribution >= 4 is 46.7 Å². The second-order valence-electron chi connectivity index (χ2n) is 4.78. The van der Waals surface area contributed by atoms with Crippen LogP contribution in [0.1, 0.15) is 23.5 Å². The second-order valence-corrected chi connectivity index (χ2v) is 6.39. The Balaban J connectivity index is 2.25. The number of carbonyl (C=O) groups excluding carboxylic acids is 1. The van der Waals surface area contributed by atoms with Crippen molar-refractivity contribution in [1.29, 1.82) is 0 Å². The summed E-state index contributed by atoms with van der Waals surface area (Å²) in [5, 5.41) is 3.93. The average molecular weight is 356 g/mol. The maximum atomic E-state index is 12.4. The number of carbonyl (C=O) groups is 1. The van der Waals surface area contributed by atoms with E-state index >= 15 is 0 Å². The number of aromatic amines is 1. The molecule has 3 rings (SSSR count). The van der Waals surface area contributed by atoms with E-state index in [1.54, 1.807) is 24.5 Å². The molecule has 0 aliphatic carbocycles. The first-order valence-electron chi connectivity index (χ1n) is 6.43. The fourth-order valence-electron chi connectivity index (χ4n) is 2.54. The minimum atomic E-state index is -0.517. The standard InChI is InChI=1S/C14H11Cl2N3O2S/c1-22-14-18-12-11(13(21)19-14)6(5-9(20)17-12)10-7(15)3-2-4-8(10)16/h2-4,6H,5H2,1H3,(H2,17,18,19,20,21)/t6-/m0/s1. The zero-order chi connectivity index (χ0) is 15.9. The van der Waals surface area contributed by atoms with Crippen molar-refractivity contribution in [3.63, 3.8) is 0 Å². The number of hydrogen-bond donors (Lipinski definition) is 2. The molecule has 114 valence electrons. The van der Waals surface area contributed by atoms with Gasteiger partial charge < -0.3 is 10.3 Å². The van der Waals surface area contributed by atoms with Crippen LogP contribution in [-0.2, 0) is 4.79 Å². The quantitative estimate of drug-likeness (QED) is 0.640. The fraction of sp³-hybridized carbons (Fsp3) is 0.214. The SMILES string of the molecule is CSc1nc2c(c(=O)[nH]1)[C@H](c1c(Cl)cccc1Cl)CC(=O)N2. The van der Waals surface area contributed by atoms with E-state index in [1.165, 1.54) is 11.8 Å². The van der Waals surface area contributed by atoms with Crippen LogP contribution in [0.15, 0.2) is 28.2 Å². The molecule has 1 aliphatic heterocycles. The van der Waals surface area contributed by atoms with E-state index in [0.717, 1.165) is 0 Å². The molecule has 2 N–H and O–H groups in total. The van der Waals surface area contributed by atoms with Gasteiger partial charge in [0, 0.05) is 22.4 Å². The third-order valence-electron chi connectivity index (χ3n) is 3.47. The largest absolute Gasteiger partial charge is 0.310 e. The predicted octanol–water partition coefficient (Wildman–Crippen LogP) is 3.27. The number of nitrogens with zero attached hydrogens (tertiary/aromatic N) is 1. The average Bonchev–Trinajstić information content (AvgIpc) is 2.45. The monoisotopic (exact) mass is 355 g/mol. The molecule has 1 atom stereocenters. The van der Waals surface area contributed by atoms with Crippen molar-refractivity contribution in [3.05, 3.63) is 49.7 Å². The van der Waals surface area contributed by atoms with Crippen LogP contribution in [0.5, 0.6) is 0 Å². The highest BCUT2D eigenvalue weighted by molar-refractivity contribution is 7.98. The normalized spacial score (nSPS) is 17.0. The lowest BCUT2D eigenvalue weighted by Crippen LogP contribution is -2.31. The number of nitrogens with one attached hydrogen (secondary N) is 2. The van der Waals surface area contributed by atoms with Crippen LogP contribution in [0.4, 0.5) is 5.82 Å². The second kappa shape index (κ2) is 5.95. The van der Waals surface area contributed by atoms with Crippen molar-refractivity contribution < 1.29 is 4.79 Å². The lowest BCUT2D eigenvalue weighted by atomic mass is 9.87. The fourth-order valence-corrected chi connectivity index (χ4v) is 3.58.